The van der Waals surface area contributed by atoms with E-state index in [1.807, 2.05) is 0 Å². The number of hydrogen-bond donors (Lipinski definition) is 1. The van der Waals surface area contributed by atoms with Gasteiger partial charge in [0.15, 0.2) is 11.5 Å². The maximum atomic E-state index is 13.8. The molecule has 218 valence electrons. The molecule has 1 aliphatic heterocycles. The third kappa shape index (κ3) is 5.52. The standard InChI is InChI=1S/C29H27N3O8S2/c1-4-40-23-14-17(12-13-22(23)39-2)21(16-42(3,37)38)32-28(35)19-9-7-10-20(26(19)29(32)36)30-25(33)15-31-27(34)18-8-5-6-11-24(18)41-31/h5-14,21H,4,15-16H2,1-3H3,(H,30,33)/t21-/m1/s1. The molecule has 11 nitrogen and oxygen atoms in total. The number of ether oxygens (including phenoxy) is 2. The number of amides is 3. The third-order valence-corrected chi connectivity index (χ3v) is 8.69. The number of nitrogens with zero attached hydrogens (tertiary/aromatic N) is 2. The van der Waals surface area contributed by atoms with Crippen molar-refractivity contribution in [2.45, 2.75) is 19.5 Å². The van der Waals surface area contributed by atoms with Crippen LogP contribution in [-0.2, 0) is 21.2 Å². The summed E-state index contributed by atoms with van der Waals surface area (Å²) in [5.74, 6) is -1.82. The Bertz CT molecular complexity index is 1890. The van der Waals surface area contributed by atoms with Crippen LogP contribution >= 0.6 is 11.5 Å². The van der Waals surface area contributed by atoms with Crippen molar-refractivity contribution in [1.82, 2.24) is 8.86 Å². The van der Waals surface area contributed by atoms with Crippen LogP contribution in [0.25, 0.3) is 10.1 Å². The van der Waals surface area contributed by atoms with Gasteiger partial charge in [-0.05, 0) is 48.9 Å². The van der Waals surface area contributed by atoms with E-state index in [1.165, 1.54) is 29.3 Å². The normalized spacial score (nSPS) is 13.7. The number of benzene rings is 3. The van der Waals surface area contributed by atoms with Gasteiger partial charge in [0.1, 0.15) is 16.4 Å². The molecule has 4 aromatic rings. The number of methoxy groups -OCH3 is 1. The minimum Gasteiger partial charge on any atom is -0.493 e. The van der Waals surface area contributed by atoms with Crippen molar-refractivity contribution < 1.29 is 32.3 Å². The fourth-order valence-electron chi connectivity index (χ4n) is 4.91. The molecule has 0 saturated carbocycles. The Morgan fingerprint density at radius 2 is 1.76 bits per heavy atom. The molecule has 1 N–H and O–H groups in total. The zero-order valence-electron chi connectivity index (χ0n) is 22.9. The minimum atomic E-state index is -3.68. The lowest BCUT2D eigenvalue weighted by molar-refractivity contribution is -0.116. The molecule has 3 aromatic carbocycles. The van der Waals surface area contributed by atoms with Gasteiger partial charge in [-0.1, -0.05) is 35.8 Å². The van der Waals surface area contributed by atoms with E-state index in [0.717, 1.165) is 27.4 Å². The molecular weight excluding hydrogens is 582 g/mol. The fourth-order valence-corrected chi connectivity index (χ4v) is 6.82. The molecule has 0 unspecified atom stereocenters. The number of imide groups is 1. The van der Waals surface area contributed by atoms with Crippen LogP contribution in [0.3, 0.4) is 0 Å². The number of nitrogens with one attached hydrogen (secondary N) is 1. The van der Waals surface area contributed by atoms with Gasteiger partial charge in [0.05, 0.1) is 52.4 Å². The van der Waals surface area contributed by atoms with Crippen LogP contribution in [0.1, 0.15) is 39.2 Å². The summed E-state index contributed by atoms with van der Waals surface area (Å²) in [6.07, 6.45) is 1.02. The Morgan fingerprint density at radius 3 is 2.45 bits per heavy atom. The number of fused-ring (bicyclic) bond motifs is 2. The van der Waals surface area contributed by atoms with E-state index in [2.05, 4.69) is 5.32 Å². The number of anilines is 1. The van der Waals surface area contributed by atoms with Crippen LogP contribution in [0.2, 0.25) is 0 Å². The quantitative estimate of drug-likeness (QED) is 0.270. The van der Waals surface area contributed by atoms with Gasteiger partial charge in [-0.15, -0.1) is 0 Å². The first-order valence-electron chi connectivity index (χ1n) is 12.9. The van der Waals surface area contributed by atoms with Gasteiger partial charge >= 0.3 is 0 Å². The highest BCUT2D eigenvalue weighted by atomic mass is 32.2. The first-order valence-corrected chi connectivity index (χ1v) is 15.7. The SMILES string of the molecule is CCOc1cc([C@@H](CS(C)(=O)=O)N2C(=O)c3cccc(NC(=O)Cn4sc5ccccc5c4=O)c3C2=O)ccc1OC. The van der Waals surface area contributed by atoms with Gasteiger partial charge in [-0.3, -0.25) is 28.0 Å². The van der Waals surface area contributed by atoms with Crippen molar-refractivity contribution in [2.24, 2.45) is 0 Å². The molecular formula is C29H27N3O8S2. The first-order chi connectivity index (χ1) is 20.0. The predicted octanol–water partition coefficient (Wildman–Crippen LogP) is 3.49. The predicted molar refractivity (Wildman–Crippen MR) is 158 cm³/mol. The van der Waals surface area contributed by atoms with Crippen molar-refractivity contribution in [2.75, 3.05) is 31.0 Å². The summed E-state index contributed by atoms with van der Waals surface area (Å²) in [6.45, 7) is 1.79. The van der Waals surface area contributed by atoms with E-state index in [1.54, 1.807) is 49.4 Å². The van der Waals surface area contributed by atoms with Crippen molar-refractivity contribution in [1.29, 1.82) is 0 Å². The number of hydrogen-bond acceptors (Lipinski definition) is 9. The average molecular weight is 610 g/mol. The highest BCUT2D eigenvalue weighted by Gasteiger charge is 2.43. The lowest BCUT2D eigenvalue weighted by atomic mass is 10.1. The van der Waals surface area contributed by atoms with Gasteiger partial charge < -0.3 is 14.8 Å². The van der Waals surface area contributed by atoms with E-state index in [-0.39, 0.29) is 28.9 Å². The molecule has 42 heavy (non-hydrogen) atoms. The minimum absolute atomic E-state index is 0.0221. The third-order valence-electron chi connectivity index (χ3n) is 6.70. The Kier molecular flexibility index (Phi) is 7.89. The van der Waals surface area contributed by atoms with E-state index < -0.39 is 39.4 Å². The van der Waals surface area contributed by atoms with Gasteiger partial charge in [-0.25, -0.2) is 8.42 Å². The molecule has 0 radical (unpaired) electrons. The molecule has 5 rings (SSSR count). The highest BCUT2D eigenvalue weighted by molar-refractivity contribution is 7.90. The monoisotopic (exact) mass is 609 g/mol. The second-order valence-electron chi connectivity index (χ2n) is 9.64. The van der Waals surface area contributed by atoms with Crippen molar-refractivity contribution >= 4 is 54.9 Å². The van der Waals surface area contributed by atoms with E-state index in [0.29, 0.717) is 29.1 Å². The van der Waals surface area contributed by atoms with E-state index >= 15 is 0 Å². The zero-order chi connectivity index (χ0) is 30.2. The summed E-state index contributed by atoms with van der Waals surface area (Å²) >= 11 is 1.14. The Hall–Kier alpha value is -4.49. The smallest absolute Gasteiger partial charge is 0.268 e. The van der Waals surface area contributed by atoms with Crippen molar-refractivity contribution in [3.63, 3.8) is 0 Å². The molecule has 1 atom stereocenters. The summed E-state index contributed by atoms with van der Waals surface area (Å²) in [7, 11) is -2.22. The van der Waals surface area contributed by atoms with Crippen LogP contribution < -0.4 is 20.3 Å². The van der Waals surface area contributed by atoms with Gasteiger partial charge in [-0.2, -0.15) is 0 Å². The fraction of sp³-hybridized carbons (Fsp3) is 0.241. The number of aromatic nitrogens is 1. The van der Waals surface area contributed by atoms with Crippen molar-refractivity contribution in [3.05, 3.63) is 87.7 Å². The van der Waals surface area contributed by atoms with Gasteiger partial charge in [0, 0.05) is 6.26 Å². The van der Waals surface area contributed by atoms with Gasteiger partial charge in [0.2, 0.25) is 5.91 Å². The molecule has 3 amide bonds. The summed E-state index contributed by atoms with van der Waals surface area (Å²) in [5.41, 5.74) is 0.0886. The topological polar surface area (TPSA) is 141 Å². The molecule has 1 aliphatic rings. The lowest BCUT2D eigenvalue weighted by Crippen LogP contribution is -2.37. The highest BCUT2D eigenvalue weighted by Crippen LogP contribution is 2.38. The van der Waals surface area contributed by atoms with Crippen molar-refractivity contribution in [3.8, 4) is 11.5 Å². The maximum Gasteiger partial charge on any atom is 0.268 e. The summed E-state index contributed by atoms with van der Waals surface area (Å²) in [4.78, 5) is 54.0. The largest absolute Gasteiger partial charge is 0.493 e. The first kappa shape index (κ1) is 29.0. The molecule has 0 spiro atoms. The summed E-state index contributed by atoms with van der Waals surface area (Å²) in [6, 6.07) is 15.0. The molecule has 1 aromatic heterocycles. The molecule has 0 bridgehead atoms. The number of sulfone groups is 1. The number of rotatable bonds is 10. The van der Waals surface area contributed by atoms with Crippen LogP contribution in [0.5, 0.6) is 11.5 Å². The molecule has 0 fully saturated rings. The van der Waals surface area contributed by atoms with Crippen LogP contribution in [-0.4, -0.2) is 60.7 Å². The Labute approximate surface area is 245 Å². The van der Waals surface area contributed by atoms with E-state index in [9.17, 15) is 27.6 Å². The molecule has 0 saturated heterocycles. The average Bonchev–Trinajstić information content (AvgIpc) is 3.39. The van der Waals surface area contributed by atoms with Gasteiger partial charge in [0.25, 0.3) is 17.4 Å². The second-order valence-corrected chi connectivity index (χ2v) is 12.9. The number of carbonyl (C=O) groups excluding carboxylic acids is 3. The van der Waals surface area contributed by atoms with E-state index in [4.69, 9.17) is 9.47 Å². The second kappa shape index (κ2) is 11.4. The lowest BCUT2D eigenvalue weighted by Gasteiger charge is -2.27. The molecule has 0 aliphatic carbocycles. The van der Waals surface area contributed by atoms with Crippen LogP contribution in [0.15, 0.2) is 65.5 Å². The van der Waals surface area contributed by atoms with Crippen LogP contribution in [0.4, 0.5) is 5.69 Å². The number of carbonyl (C=O) groups is 3. The van der Waals surface area contributed by atoms with Crippen LogP contribution in [0, 0.1) is 0 Å². The Morgan fingerprint density at radius 1 is 1.00 bits per heavy atom. The summed E-state index contributed by atoms with van der Waals surface area (Å²) < 4.78 is 38.0. The summed E-state index contributed by atoms with van der Waals surface area (Å²) in [5, 5.41) is 3.15. The Balaban J connectivity index is 1.48. The maximum absolute atomic E-state index is 13.8. The molecule has 2 heterocycles. The molecule has 13 heteroatoms. The zero-order valence-corrected chi connectivity index (χ0v) is 24.6.